The maximum absolute atomic E-state index is 5.94. The number of hydrogen-bond donors (Lipinski definition) is 0. The van der Waals surface area contributed by atoms with Crippen LogP contribution < -0.4 is 0 Å². The highest BCUT2D eigenvalue weighted by Crippen LogP contribution is 2.24. The second-order valence-electron chi connectivity index (χ2n) is 3.70. The molecule has 0 heterocycles. The molecule has 0 aliphatic carbocycles. The van der Waals surface area contributed by atoms with Gasteiger partial charge in [0.15, 0.2) is 0 Å². The Kier molecular flexibility index (Phi) is 4.78. The first-order chi connectivity index (χ1) is 8.28. The molecule has 2 rings (SSSR count). The number of alkyl halides is 1. The van der Waals surface area contributed by atoms with E-state index in [4.69, 9.17) is 23.2 Å². The normalized spacial score (nSPS) is 10.5. The highest BCUT2D eigenvalue weighted by molar-refractivity contribution is 7.98. The van der Waals surface area contributed by atoms with Gasteiger partial charge in [0.05, 0.1) is 0 Å². The molecule has 0 saturated heterocycles. The van der Waals surface area contributed by atoms with E-state index in [9.17, 15) is 0 Å². The second kappa shape index (κ2) is 6.34. The van der Waals surface area contributed by atoms with Crippen LogP contribution in [0.3, 0.4) is 0 Å². The molecular formula is C14H12Cl2S. The minimum Gasteiger partial charge on any atom is -0.122 e. The van der Waals surface area contributed by atoms with Crippen LogP contribution in [0.15, 0.2) is 53.4 Å². The summed E-state index contributed by atoms with van der Waals surface area (Å²) in [7, 11) is 0. The molecule has 0 spiro atoms. The van der Waals surface area contributed by atoms with Crippen LogP contribution in [0, 0.1) is 0 Å². The molecule has 17 heavy (non-hydrogen) atoms. The largest absolute Gasteiger partial charge is 0.122 e. The van der Waals surface area contributed by atoms with Gasteiger partial charge in [-0.25, -0.2) is 0 Å². The summed E-state index contributed by atoms with van der Waals surface area (Å²) in [5.41, 5.74) is 2.39. The molecule has 2 aromatic carbocycles. The summed E-state index contributed by atoms with van der Waals surface area (Å²) in [6, 6.07) is 16.3. The van der Waals surface area contributed by atoms with Gasteiger partial charge in [0.1, 0.15) is 0 Å². The minimum absolute atomic E-state index is 0.569. The van der Waals surface area contributed by atoms with E-state index in [1.165, 1.54) is 10.5 Å². The standard InChI is InChI=1S/C14H12Cl2S/c15-9-11-4-6-14(7-5-11)17-10-12-2-1-3-13(16)8-12/h1-8H,9-10H2. The zero-order chi connectivity index (χ0) is 12.1. The van der Waals surface area contributed by atoms with Gasteiger partial charge >= 0.3 is 0 Å². The molecule has 0 nitrogen and oxygen atoms in total. The molecular weight excluding hydrogens is 271 g/mol. The summed E-state index contributed by atoms with van der Waals surface area (Å²) in [4.78, 5) is 1.25. The summed E-state index contributed by atoms with van der Waals surface area (Å²) in [5, 5.41) is 0.792. The van der Waals surface area contributed by atoms with Crippen molar-refractivity contribution >= 4 is 35.0 Å². The zero-order valence-corrected chi connectivity index (χ0v) is 11.5. The first-order valence-corrected chi connectivity index (χ1v) is 7.20. The molecule has 0 aliphatic rings. The van der Waals surface area contributed by atoms with Gasteiger partial charge in [-0.2, -0.15) is 0 Å². The maximum Gasteiger partial charge on any atom is 0.0474 e. The van der Waals surface area contributed by atoms with Crippen LogP contribution in [0.4, 0.5) is 0 Å². The van der Waals surface area contributed by atoms with Crippen molar-refractivity contribution in [2.75, 3.05) is 0 Å². The molecule has 0 amide bonds. The third kappa shape index (κ3) is 3.95. The fourth-order valence-corrected chi connectivity index (χ4v) is 2.70. The minimum atomic E-state index is 0.569. The van der Waals surface area contributed by atoms with Gasteiger partial charge in [0.25, 0.3) is 0 Å². The molecule has 0 unspecified atom stereocenters. The predicted octanol–water partition coefficient (Wildman–Crippen LogP) is 5.37. The lowest BCUT2D eigenvalue weighted by atomic mass is 10.2. The van der Waals surface area contributed by atoms with E-state index in [0.717, 1.165) is 16.3 Å². The fourth-order valence-electron chi connectivity index (χ4n) is 1.47. The lowest BCUT2D eigenvalue weighted by molar-refractivity contribution is 1.33. The number of rotatable bonds is 4. The molecule has 0 N–H and O–H groups in total. The Labute approximate surface area is 116 Å². The molecule has 0 saturated carbocycles. The monoisotopic (exact) mass is 282 g/mol. The van der Waals surface area contributed by atoms with Crippen LogP contribution in [0.1, 0.15) is 11.1 Å². The summed E-state index contributed by atoms with van der Waals surface area (Å²) in [5.74, 6) is 1.50. The lowest BCUT2D eigenvalue weighted by Crippen LogP contribution is -1.81. The Morgan fingerprint density at radius 3 is 2.35 bits per heavy atom. The Balaban J connectivity index is 1.97. The van der Waals surface area contributed by atoms with E-state index >= 15 is 0 Å². The number of hydrogen-bond acceptors (Lipinski definition) is 1. The Morgan fingerprint density at radius 2 is 1.71 bits per heavy atom. The zero-order valence-electron chi connectivity index (χ0n) is 9.20. The van der Waals surface area contributed by atoms with Crippen LogP contribution in [-0.4, -0.2) is 0 Å². The molecule has 0 bridgehead atoms. The molecule has 0 fully saturated rings. The Morgan fingerprint density at radius 1 is 0.941 bits per heavy atom. The van der Waals surface area contributed by atoms with Crippen molar-refractivity contribution in [1.29, 1.82) is 0 Å². The molecule has 3 heteroatoms. The van der Waals surface area contributed by atoms with Gasteiger partial charge in [-0.1, -0.05) is 35.9 Å². The van der Waals surface area contributed by atoms with Crippen LogP contribution in [0.25, 0.3) is 0 Å². The third-order valence-corrected chi connectivity index (χ3v) is 4.00. The van der Waals surface area contributed by atoms with Gasteiger partial charge < -0.3 is 0 Å². The van der Waals surface area contributed by atoms with E-state index < -0.39 is 0 Å². The molecule has 0 atom stereocenters. The first kappa shape index (κ1) is 12.8. The van der Waals surface area contributed by atoms with E-state index in [1.807, 2.05) is 18.2 Å². The van der Waals surface area contributed by atoms with E-state index in [2.05, 4.69) is 30.3 Å². The van der Waals surface area contributed by atoms with Crippen LogP contribution in [0.5, 0.6) is 0 Å². The van der Waals surface area contributed by atoms with Gasteiger partial charge in [-0.3, -0.25) is 0 Å². The van der Waals surface area contributed by atoms with E-state index in [1.54, 1.807) is 11.8 Å². The van der Waals surface area contributed by atoms with Gasteiger partial charge in [0, 0.05) is 21.6 Å². The maximum atomic E-state index is 5.94. The number of halogens is 2. The van der Waals surface area contributed by atoms with Gasteiger partial charge in [-0.05, 0) is 35.4 Å². The lowest BCUT2D eigenvalue weighted by Gasteiger charge is -2.03. The SMILES string of the molecule is ClCc1ccc(SCc2cccc(Cl)c2)cc1. The Hall–Kier alpha value is -0.630. The van der Waals surface area contributed by atoms with Gasteiger partial charge in [-0.15, -0.1) is 23.4 Å². The fraction of sp³-hybridized carbons (Fsp3) is 0.143. The van der Waals surface area contributed by atoms with Crippen molar-refractivity contribution in [3.63, 3.8) is 0 Å². The first-order valence-electron chi connectivity index (χ1n) is 5.30. The van der Waals surface area contributed by atoms with Crippen molar-refractivity contribution in [1.82, 2.24) is 0 Å². The highest BCUT2D eigenvalue weighted by Gasteiger charge is 1.98. The predicted molar refractivity (Wildman–Crippen MR) is 77.0 cm³/mol. The smallest absolute Gasteiger partial charge is 0.0474 e. The van der Waals surface area contributed by atoms with E-state index in [-0.39, 0.29) is 0 Å². The van der Waals surface area contributed by atoms with E-state index in [0.29, 0.717) is 5.88 Å². The van der Waals surface area contributed by atoms with Crippen LogP contribution in [0.2, 0.25) is 5.02 Å². The third-order valence-electron chi connectivity index (χ3n) is 2.37. The van der Waals surface area contributed by atoms with Crippen molar-refractivity contribution in [2.24, 2.45) is 0 Å². The van der Waals surface area contributed by atoms with Crippen LogP contribution in [-0.2, 0) is 11.6 Å². The topological polar surface area (TPSA) is 0 Å². The van der Waals surface area contributed by atoms with Crippen molar-refractivity contribution in [3.8, 4) is 0 Å². The van der Waals surface area contributed by atoms with Crippen molar-refractivity contribution < 1.29 is 0 Å². The summed E-state index contributed by atoms with van der Waals surface area (Å²) in [6.07, 6.45) is 0. The summed E-state index contributed by atoms with van der Waals surface area (Å²) in [6.45, 7) is 0. The average molecular weight is 283 g/mol. The molecule has 0 radical (unpaired) electrons. The quantitative estimate of drug-likeness (QED) is 0.537. The molecule has 88 valence electrons. The van der Waals surface area contributed by atoms with Crippen LogP contribution >= 0.6 is 35.0 Å². The average Bonchev–Trinajstić information content (AvgIpc) is 2.37. The Bertz CT molecular complexity index is 480. The number of thioether (sulfide) groups is 1. The molecule has 0 aliphatic heterocycles. The summed E-state index contributed by atoms with van der Waals surface area (Å²) < 4.78 is 0. The molecule has 2 aromatic rings. The number of benzene rings is 2. The highest BCUT2D eigenvalue weighted by atomic mass is 35.5. The second-order valence-corrected chi connectivity index (χ2v) is 5.45. The van der Waals surface area contributed by atoms with Crippen molar-refractivity contribution in [3.05, 3.63) is 64.7 Å². The van der Waals surface area contributed by atoms with Gasteiger partial charge in [0.2, 0.25) is 0 Å². The summed E-state index contributed by atoms with van der Waals surface area (Å²) >= 11 is 13.5. The van der Waals surface area contributed by atoms with Crippen molar-refractivity contribution in [2.45, 2.75) is 16.5 Å². The molecule has 0 aromatic heterocycles.